The average Bonchev–Trinajstić information content (AvgIpc) is 2.95. The molecule has 25 heavy (non-hydrogen) atoms. The largest absolute Gasteiger partial charge is 0.301 e. The van der Waals surface area contributed by atoms with Crippen LogP contribution in [0.4, 0.5) is 5.13 Å². The zero-order valence-corrected chi connectivity index (χ0v) is 15.5. The highest BCUT2D eigenvalue weighted by Gasteiger charge is 2.52. The Morgan fingerprint density at radius 1 is 1.20 bits per heavy atom. The first kappa shape index (κ1) is 15.8. The van der Waals surface area contributed by atoms with Crippen molar-refractivity contribution in [2.75, 3.05) is 18.9 Å². The van der Waals surface area contributed by atoms with Crippen molar-refractivity contribution in [3.63, 3.8) is 0 Å². The van der Waals surface area contributed by atoms with E-state index in [2.05, 4.69) is 22.2 Å². The smallest absolute Gasteiger partial charge is 0.240 e. The van der Waals surface area contributed by atoms with Crippen LogP contribution in [0.2, 0.25) is 0 Å². The summed E-state index contributed by atoms with van der Waals surface area (Å²) in [6.07, 6.45) is 8.19. The normalized spacial score (nSPS) is 33.3. The number of hydrogen-bond donors (Lipinski definition) is 1. The van der Waals surface area contributed by atoms with Gasteiger partial charge in [-0.05, 0) is 75.5 Å². The summed E-state index contributed by atoms with van der Waals surface area (Å²) >= 11 is 1.55. The average molecular weight is 356 g/mol. The van der Waals surface area contributed by atoms with E-state index >= 15 is 0 Å². The Hall–Kier alpha value is -1.46. The molecule has 4 aliphatic rings. The zero-order chi connectivity index (χ0) is 17.0. The highest BCUT2D eigenvalue weighted by molar-refractivity contribution is 7.22. The highest BCUT2D eigenvalue weighted by atomic mass is 32.1. The molecule has 0 unspecified atom stereocenters. The summed E-state index contributed by atoms with van der Waals surface area (Å²) in [6, 6.07) is 8.02. The highest BCUT2D eigenvalue weighted by Crippen LogP contribution is 2.57. The molecule has 4 bridgehead atoms. The van der Waals surface area contributed by atoms with E-state index in [1.165, 1.54) is 38.5 Å². The van der Waals surface area contributed by atoms with Crippen molar-refractivity contribution in [3.05, 3.63) is 24.3 Å². The molecule has 1 amide bonds. The number of anilines is 1. The number of nitrogens with zero attached hydrogens (tertiary/aromatic N) is 2. The molecular weight excluding hydrogens is 330 g/mol. The third kappa shape index (κ3) is 2.77. The zero-order valence-electron chi connectivity index (χ0n) is 14.7. The van der Waals surface area contributed by atoms with Gasteiger partial charge in [0.05, 0.1) is 16.8 Å². The monoisotopic (exact) mass is 355 g/mol. The minimum absolute atomic E-state index is 0.0669. The van der Waals surface area contributed by atoms with Crippen LogP contribution in [-0.2, 0) is 4.79 Å². The van der Waals surface area contributed by atoms with Crippen LogP contribution in [0.3, 0.4) is 0 Å². The molecule has 4 saturated carbocycles. The SMILES string of the molecule is CN(CC(=O)Nc1nc2ccccc2s1)C12CC3CC(CC(C3)C1)C2. The number of benzene rings is 1. The van der Waals surface area contributed by atoms with Gasteiger partial charge in [0.2, 0.25) is 5.91 Å². The van der Waals surface area contributed by atoms with Crippen LogP contribution in [0, 0.1) is 17.8 Å². The second-order valence-corrected chi connectivity index (χ2v) is 9.56. The molecule has 1 heterocycles. The van der Waals surface area contributed by atoms with Crippen LogP contribution in [-0.4, -0.2) is 34.9 Å². The molecule has 0 spiro atoms. The predicted molar refractivity (Wildman–Crippen MR) is 102 cm³/mol. The first-order valence-electron chi connectivity index (χ1n) is 9.46. The van der Waals surface area contributed by atoms with E-state index in [1.54, 1.807) is 11.3 Å². The molecule has 0 saturated heterocycles. The first-order chi connectivity index (χ1) is 12.1. The van der Waals surface area contributed by atoms with E-state index < -0.39 is 0 Å². The summed E-state index contributed by atoms with van der Waals surface area (Å²) in [5.41, 5.74) is 1.23. The molecule has 5 heteroatoms. The van der Waals surface area contributed by atoms with Gasteiger partial charge in [-0.25, -0.2) is 4.98 Å². The van der Waals surface area contributed by atoms with Crippen LogP contribution in [0.25, 0.3) is 10.2 Å². The van der Waals surface area contributed by atoms with Gasteiger partial charge in [0.1, 0.15) is 0 Å². The summed E-state index contributed by atoms with van der Waals surface area (Å²) in [5.74, 6) is 2.78. The molecule has 132 valence electrons. The molecule has 4 fully saturated rings. The van der Waals surface area contributed by atoms with Crippen LogP contribution in [0.15, 0.2) is 24.3 Å². The Labute approximate surface area is 152 Å². The van der Waals surface area contributed by atoms with Crippen molar-refractivity contribution in [1.82, 2.24) is 9.88 Å². The van der Waals surface area contributed by atoms with Crippen molar-refractivity contribution in [1.29, 1.82) is 0 Å². The molecule has 2 aromatic rings. The summed E-state index contributed by atoms with van der Waals surface area (Å²) in [5, 5.41) is 3.73. The number of hydrogen-bond acceptors (Lipinski definition) is 4. The number of carbonyl (C=O) groups is 1. The number of likely N-dealkylation sites (N-methyl/N-ethyl adjacent to an activating group) is 1. The maximum absolute atomic E-state index is 12.6. The molecule has 0 radical (unpaired) electrons. The fourth-order valence-electron chi connectivity index (χ4n) is 6.00. The molecular formula is C20H25N3OS. The van der Waals surface area contributed by atoms with Gasteiger partial charge in [-0.15, -0.1) is 0 Å². The van der Waals surface area contributed by atoms with E-state index in [0.29, 0.717) is 11.7 Å². The van der Waals surface area contributed by atoms with E-state index in [4.69, 9.17) is 0 Å². The van der Waals surface area contributed by atoms with Gasteiger partial charge < -0.3 is 5.32 Å². The van der Waals surface area contributed by atoms with Crippen LogP contribution >= 0.6 is 11.3 Å². The van der Waals surface area contributed by atoms with Crippen molar-refractivity contribution in [2.45, 2.75) is 44.1 Å². The third-order valence-electron chi connectivity index (χ3n) is 6.74. The molecule has 6 rings (SSSR count). The Kier molecular flexibility index (Phi) is 3.64. The van der Waals surface area contributed by atoms with E-state index in [9.17, 15) is 4.79 Å². The number of aromatic nitrogens is 1. The van der Waals surface area contributed by atoms with Gasteiger partial charge >= 0.3 is 0 Å². The molecule has 1 aromatic heterocycles. The number of fused-ring (bicyclic) bond motifs is 1. The van der Waals surface area contributed by atoms with Crippen molar-refractivity contribution >= 4 is 32.6 Å². The van der Waals surface area contributed by atoms with E-state index in [-0.39, 0.29) is 11.4 Å². The Balaban J connectivity index is 1.27. The summed E-state index contributed by atoms with van der Waals surface area (Å²) < 4.78 is 1.12. The van der Waals surface area contributed by atoms with Crippen molar-refractivity contribution < 1.29 is 4.79 Å². The van der Waals surface area contributed by atoms with Gasteiger partial charge in [-0.3, -0.25) is 9.69 Å². The summed E-state index contributed by atoms with van der Waals surface area (Å²) in [7, 11) is 2.16. The van der Waals surface area contributed by atoms with Gasteiger partial charge in [-0.1, -0.05) is 23.5 Å². The topological polar surface area (TPSA) is 45.2 Å². The summed E-state index contributed by atoms with van der Waals surface area (Å²) in [6.45, 7) is 0.474. The van der Waals surface area contributed by atoms with Crippen molar-refractivity contribution in [2.24, 2.45) is 17.8 Å². The molecule has 4 aliphatic carbocycles. The number of amides is 1. The maximum atomic E-state index is 12.6. The van der Waals surface area contributed by atoms with E-state index in [0.717, 1.165) is 28.0 Å². The van der Waals surface area contributed by atoms with E-state index in [1.807, 2.05) is 24.3 Å². The summed E-state index contributed by atoms with van der Waals surface area (Å²) in [4.78, 5) is 19.5. The van der Waals surface area contributed by atoms with Crippen LogP contribution < -0.4 is 5.32 Å². The number of carbonyl (C=O) groups excluding carboxylic acids is 1. The predicted octanol–water partition coefficient (Wildman–Crippen LogP) is 4.14. The first-order valence-corrected chi connectivity index (χ1v) is 10.3. The van der Waals surface area contributed by atoms with Crippen LogP contribution in [0.5, 0.6) is 0 Å². The lowest BCUT2D eigenvalue weighted by Gasteiger charge is -2.59. The minimum Gasteiger partial charge on any atom is -0.301 e. The van der Waals surface area contributed by atoms with Gasteiger partial charge in [0.25, 0.3) is 0 Å². The Morgan fingerprint density at radius 2 is 1.84 bits per heavy atom. The number of para-hydroxylation sites is 1. The number of rotatable bonds is 4. The molecule has 0 atom stereocenters. The Morgan fingerprint density at radius 3 is 2.48 bits per heavy atom. The fraction of sp³-hybridized carbons (Fsp3) is 0.600. The Bertz CT molecular complexity index is 746. The molecule has 4 nitrogen and oxygen atoms in total. The lowest BCUT2D eigenvalue weighted by atomic mass is 9.52. The van der Waals surface area contributed by atoms with Gasteiger partial charge in [0, 0.05) is 5.54 Å². The molecule has 1 N–H and O–H groups in total. The third-order valence-corrected chi connectivity index (χ3v) is 7.69. The second-order valence-electron chi connectivity index (χ2n) is 8.53. The van der Waals surface area contributed by atoms with Gasteiger partial charge in [-0.2, -0.15) is 0 Å². The standard InChI is InChI=1S/C20H25N3OS/c1-23(20-9-13-6-14(10-20)8-15(7-13)11-20)12-18(24)22-19-21-16-4-2-3-5-17(16)25-19/h2-5,13-15H,6-12H2,1H3,(H,21,22,24). The van der Waals surface area contributed by atoms with Crippen molar-refractivity contribution in [3.8, 4) is 0 Å². The van der Waals surface area contributed by atoms with Crippen LogP contribution in [0.1, 0.15) is 38.5 Å². The quantitative estimate of drug-likeness (QED) is 0.897. The number of nitrogens with one attached hydrogen (secondary N) is 1. The fourth-order valence-corrected chi connectivity index (χ4v) is 6.88. The molecule has 0 aliphatic heterocycles. The minimum atomic E-state index is 0.0669. The second kappa shape index (κ2) is 5.78. The molecule has 1 aromatic carbocycles. The number of thiazole rings is 1. The lowest BCUT2D eigenvalue weighted by molar-refractivity contribution is -0.123. The maximum Gasteiger partial charge on any atom is 0.240 e. The lowest BCUT2D eigenvalue weighted by Crippen LogP contribution is -2.59. The van der Waals surface area contributed by atoms with Gasteiger partial charge in [0.15, 0.2) is 5.13 Å².